The minimum absolute atomic E-state index is 0.118. The third kappa shape index (κ3) is 3.65. The minimum atomic E-state index is -3.76. The van der Waals surface area contributed by atoms with E-state index < -0.39 is 10.0 Å². The van der Waals surface area contributed by atoms with Crippen molar-refractivity contribution in [3.05, 3.63) is 59.7 Å². The summed E-state index contributed by atoms with van der Waals surface area (Å²) in [6.07, 6.45) is 7.11. The van der Waals surface area contributed by atoms with Gasteiger partial charge in [-0.25, -0.2) is 8.42 Å². The van der Waals surface area contributed by atoms with Crippen molar-refractivity contribution in [2.45, 2.75) is 55.9 Å². The van der Waals surface area contributed by atoms with Crippen molar-refractivity contribution in [2.75, 3.05) is 11.4 Å². The van der Waals surface area contributed by atoms with Crippen molar-refractivity contribution < 1.29 is 13.2 Å². The molecule has 0 aromatic heterocycles. The van der Waals surface area contributed by atoms with E-state index in [1.807, 2.05) is 6.92 Å². The van der Waals surface area contributed by atoms with Crippen LogP contribution in [0, 0.1) is 24.7 Å². The van der Waals surface area contributed by atoms with Gasteiger partial charge in [-0.15, -0.1) is 0 Å². The summed E-state index contributed by atoms with van der Waals surface area (Å²) in [7, 11) is -2.24. The predicted molar refractivity (Wildman–Crippen MR) is 122 cm³/mol. The molecule has 0 unspecified atom stereocenters. The molecule has 2 aromatic rings. The number of sulfonamides is 1. The zero-order valence-electron chi connectivity index (χ0n) is 18.2. The Hall–Kier alpha value is -2.34. The molecular weight excluding hydrogens is 408 g/mol. The highest BCUT2D eigenvalue weighted by molar-refractivity contribution is 7.92. The minimum Gasteiger partial charge on any atom is -0.347 e. The Bertz CT molecular complexity index is 1070. The highest BCUT2D eigenvalue weighted by atomic mass is 32.2. The number of carbonyl (C=O) groups is 1. The topological polar surface area (TPSA) is 66.5 Å². The molecule has 0 radical (unpaired) electrons. The highest BCUT2D eigenvalue weighted by Crippen LogP contribution is 2.55. The molecule has 4 bridgehead atoms. The smallest absolute Gasteiger partial charge is 0.264 e. The van der Waals surface area contributed by atoms with Gasteiger partial charge in [-0.2, -0.15) is 0 Å². The average molecular weight is 439 g/mol. The molecule has 2 aromatic carbocycles. The van der Waals surface area contributed by atoms with E-state index in [1.54, 1.807) is 48.5 Å². The Kier molecular flexibility index (Phi) is 4.88. The van der Waals surface area contributed by atoms with E-state index in [2.05, 4.69) is 5.32 Å². The van der Waals surface area contributed by atoms with Gasteiger partial charge >= 0.3 is 0 Å². The predicted octanol–water partition coefficient (Wildman–Crippen LogP) is 4.52. The monoisotopic (exact) mass is 438 g/mol. The summed E-state index contributed by atoms with van der Waals surface area (Å²) in [6.45, 7) is 1.92. The number of nitrogens with zero attached hydrogens (tertiary/aromatic N) is 1. The van der Waals surface area contributed by atoms with Crippen LogP contribution in [0.4, 0.5) is 5.69 Å². The van der Waals surface area contributed by atoms with Gasteiger partial charge < -0.3 is 5.32 Å². The SMILES string of the molecule is Cc1ccc(S(=O)(=O)N(C)c2ccccc2C(=O)NC23CC4CC(CC(C4)C2)C3)cc1. The fraction of sp³-hybridized carbons (Fsp3) is 0.480. The van der Waals surface area contributed by atoms with E-state index in [4.69, 9.17) is 0 Å². The second-order valence-corrected chi connectivity index (χ2v) is 11.9. The van der Waals surface area contributed by atoms with E-state index in [9.17, 15) is 13.2 Å². The first-order valence-corrected chi connectivity index (χ1v) is 12.7. The Morgan fingerprint density at radius 2 is 1.48 bits per heavy atom. The fourth-order valence-corrected chi connectivity index (χ4v) is 7.72. The van der Waals surface area contributed by atoms with E-state index in [1.165, 1.54) is 30.6 Å². The lowest BCUT2D eigenvalue weighted by Crippen LogP contribution is -2.59. The van der Waals surface area contributed by atoms with Gasteiger partial charge in [0.15, 0.2) is 0 Å². The van der Waals surface area contributed by atoms with Gasteiger partial charge in [0.05, 0.1) is 16.1 Å². The van der Waals surface area contributed by atoms with Gasteiger partial charge in [0.2, 0.25) is 0 Å². The van der Waals surface area contributed by atoms with Gasteiger partial charge in [-0.3, -0.25) is 9.10 Å². The molecule has 4 fully saturated rings. The molecule has 1 N–H and O–H groups in total. The number of aryl methyl sites for hydroxylation is 1. The molecule has 6 heteroatoms. The summed E-state index contributed by atoms with van der Waals surface area (Å²) >= 11 is 0. The van der Waals surface area contributed by atoms with Crippen LogP contribution in [0.15, 0.2) is 53.4 Å². The van der Waals surface area contributed by atoms with Crippen molar-refractivity contribution in [3.8, 4) is 0 Å². The highest BCUT2D eigenvalue weighted by Gasteiger charge is 2.51. The second kappa shape index (κ2) is 7.37. The van der Waals surface area contributed by atoms with Crippen molar-refractivity contribution in [1.82, 2.24) is 5.32 Å². The molecule has 0 atom stereocenters. The maximum Gasteiger partial charge on any atom is 0.264 e. The quantitative estimate of drug-likeness (QED) is 0.746. The number of benzene rings is 2. The van der Waals surface area contributed by atoms with Gasteiger partial charge in [0, 0.05) is 12.6 Å². The summed E-state index contributed by atoms with van der Waals surface area (Å²) in [5, 5.41) is 3.37. The molecule has 6 rings (SSSR count). The maximum absolute atomic E-state index is 13.4. The number of nitrogens with one attached hydrogen (secondary N) is 1. The molecule has 31 heavy (non-hydrogen) atoms. The van der Waals surface area contributed by atoms with Crippen molar-refractivity contribution in [3.63, 3.8) is 0 Å². The maximum atomic E-state index is 13.4. The lowest BCUT2D eigenvalue weighted by molar-refractivity contribution is -0.0166. The molecule has 4 aliphatic carbocycles. The van der Waals surface area contributed by atoms with Crippen LogP contribution in [0.3, 0.4) is 0 Å². The van der Waals surface area contributed by atoms with E-state index >= 15 is 0 Å². The average Bonchev–Trinajstić information content (AvgIpc) is 2.72. The van der Waals surface area contributed by atoms with Crippen molar-refractivity contribution in [2.24, 2.45) is 17.8 Å². The number of carbonyl (C=O) groups excluding carboxylic acids is 1. The molecule has 164 valence electrons. The fourth-order valence-electron chi connectivity index (χ4n) is 6.51. The number of para-hydroxylation sites is 1. The van der Waals surface area contributed by atoms with E-state index in [0.29, 0.717) is 11.3 Å². The Labute approximate surface area is 184 Å². The molecule has 0 heterocycles. The largest absolute Gasteiger partial charge is 0.347 e. The summed E-state index contributed by atoms with van der Waals surface area (Å²) in [4.78, 5) is 13.6. The summed E-state index contributed by atoms with van der Waals surface area (Å²) in [5.74, 6) is 2.02. The summed E-state index contributed by atoms with van der Waals surface area (Å²) in [6, 6.07) is 13.8. The van der Waals surface area contributed by atoms with Crippen LogP contribution >= 0.6 is 0 Å². The lowest BCUT2D eigenvalue weighted by Gasteiger charge is -2.56. The Balaban J connectivity index is 1.43. The van der Waals surface area contributed by atoms with Crippen LogP contribution in [0.2, 0.25) is 0 Å². The first-order valence-electron chi connectivity index (χ1n) is 11.2. The number of anilines is 1. The van der Waals surface area contributed by atoms with Crippen LogP contribution < -0.4 is 9.62 Å². The van der Waals surface area contributed by atoms with Gasteiger partial charge in [-0.1, -0.05) is 29.8 Å². The van der Waals surface area contributed by atoms with Crippen LogP contribution in [-0.4, -0.2) is 26.9 Å². The van der Waals surface area contributed by atoms with Crippen LogP contribution in [0.25, 0.3) is 0 Å². The molecule has 0 saturated heterocycles. The Morgan fingerprint density at radius 3 is 2.06 bits per heavy atom. The number of hydrogen-bond acceptors (Lipinski definition) is 3. The standard InChI is InChI=1S/C25H30N2O3S/c1-17-7-9-21(10-8-17)31(29,30)27(2)23-6-4-3-5-22(23)24(28)26-25-14-18-11-19(15-25)13-20(12-18)16-25/h3-10,18-20H,11-16H2,1-2H3,(H,26,28). The number of hydrogen-bond donors (Lipinski definition) is 1. The molecule has 1 amide bonds. The second-order valence-electron chi connectivity index (χ2n) is 9.95. The first kappa shape index (κ1) is 20.6. The zero-order chi connectivity index (χ0) is 21.8. The summed E-state index contributed by atoms with van der Waals surface area (Å²) < 4.78 is 27.7. The molecule has 4 aliphatic rings. The first-order chi connectivity index (χ1) is 14.8. The molecule has 5 nitrogen and oxygen atoms in total. The van der Waals surface area contributed by atoms with E-state index in [0.717, 1.165) is 42.6 Å². The van der Waals surface area contributed by atoms with Crippen LogP contribution in [0.5, 0.6) is 0 Å². The zero-order valence-corrected chi connectivity index (χ0v) is 19.0. The normalized spacial score (nSPS) is 29.0. The third-order valence-corrected chi connectivity index (χ3v) is 9.37. The molecule has 0 aliphatic heterocycles. The van der Waals surface area contributed by atoms with Crippen LogP contribution in [-0.2, 0) is 10.0 Å². The van der Waals surface area contributed by atoms with E-state index in [-0.39, 0.29) is 16.3 Å². The van der Waals surface area contributed by atoms with Crippen molar-refractivity contribution in [1.29, 1.82) is 0 Å². The number of amides is 1. The lowest BCUT2D eigenvalue weighted by atomic mass is 9.53. The van der Waals surface area contributed by atoms with Gasteiger partial charge in [-0.05, 0) is 87.5 Å². The molecular formula is C25H30N2O3S. The van der Waals surface area contributed by atoms with Crippen LogP contribution in [0.1, 0.15) is 54.4 Å². The molecule has 0 spiro atoms. The van der Waals surface area contributed by atoms with Gasteiger partial charge in [0.1, 0.15) is 0 Å². The van der Waals surface area contributed by atoms with Crippen molar-refractivity contribution >= 4 is 21.6 Å². The third-order valence-electron chi connectivity index (χ3n) is 7.58. The number of rotatable bonds is 5. The molecule has 4 saturated carbocycles. The Morgan fingerprint density at radius 1 is 0.935 bits per heavy atom. The van der Waals surface area contributed by atoms with Gasteiger partial charge in [0.25, 0.3) is 15.9 Å². The summed E-state index contributed by atoms with van der Waals surface area (Å²) in [5.41, 5.74) is 1.70.